The van der Waals surface area contributed by atoms with Crippen molar-refractivity contribution in [2.45, 2.75) is 45.6 Å². The maximum absolute atomic E-state index is 13.3. The molecule has 2 aromatic rings. The van der Waals surface area contributed by atoms with Gasteiger partial charge in [-0.05, 0) is 68.7 Å². The fraction of sp³-hybridized carbons (Fsp3) is 0.556. The summed E-state index contributed by atoms with van der Waals surface area (Å²) < 4.78 is 13.3. The lowest BCUT2D eigenvalue weighted by molar-refractivity contribution is 0.0989. The van der Waals surface area contributed by atoms with E-state index in [1.54, 1.807) is 18.9 Å². The van der Waals surface area contributed by atoms with Gasteiger partial charge in [-0.15, -0.1) is 0 Å². The summed E-state index contributed by atoms with van der Waals surface area (Å²) in [7, 11) is 1.61. The van der Waals surface area contributed by atoms with Crippen LogP contribution in [-0.4, -0.2) is 78.4 Å². The average molecular weight is 545 g/mol. The zero-order chi connectivity index (χ0) is 27.2. The molecule has 1 aromatic heterocycles. The SMILES string of the molecule is CNC(=O)N1CC[C@@H](CN2CCC[C@@H](Cc3ccc(F)cc3)C2)[C@H](NC(=O)Nc2nc(C)c(C(C)=O)s2)C1. The molecule has 0 unspecified atom stereocenters. The standard InChI is InChI=1S/C27H37FN6O3S/c1-17-24(18(2)35)38-26(30-17)32-25(36)31-23-16-34(27(37)29-3)12-10-21(23)15-33-11-4-5-20(14-33)13-19-6-8-22(28)9-7-19/h6-9,20-21,23H,4-5,10-16H2,1-3H3,(H,29,37)(H2,30,31,32,36)/t20-,21-,23+/m0/s1. The number of piperidine rings is 2. The molecule has 2 saturated heterocycles. The minimum atomic E-state index is -0.393. The smallest absolute Gasteiger partial charge is 0.321 e. The summed E-state index contributed by atoms with van der Waals surface area (Å²) >= 11 is 1.16. The minimum Gasteiger partial charge on any atom is -0.341 e. The van der Waals surface area contributed by atoms with E-state index in [1.807, 2.05) is 12.1 Å². The first-order valence-electron chi connectivity index (χ1n) is 13.2. The van der Waals surface area contributed by atoms with Gasteiger partial charge in [0, 0.05) is 40.2 Å². The Labute approximate surface area is 227 Å². The molecule has 0 radical (unpaired) electrons. The van der Waals surface area contributed by atoms with Crippen molar-refractivity contribution in [3.8, 4) is 0 Å². The van der Waals surface area contributed by atoms with Gasteiger partial charge in [0.1, 0.15) is 5.82 Å². The van der Waals surface area contributed by atoms with Crippen LogP contribution in [0.5, 0.6) is 0 Å². The van der Waals surface area contributed by atoms with Crippen molar-refractivity contribution < 1.29 is 18.8 Å². The number of nitrogens with zero attached hydrogens (tertiary/aromatic N) is 3. The number of likely N-dealkylation sites (tertiary alicyclic amines) is 2. The molecule has 0 aliphatic carbocycles. The van der Waals surface area contributed by atoms with Crippen LogP contribution in [0.1, 0.15) is 47.1 Å². The maximum Gasteiger partial charge on any atom is 0.321 e. The highest BCUT2D eigenvalue weighted by Gasteiger charge is 2.34. The van der Waals surface area contributed by atoms with Crippen molar-refractivity contribution in [1.29, 1.82) is 0 Å². The Balaban J connectivity index is 1.39. The molecule has 0 saturated carbocycles. The van der Waals surface area contributed by atoms with E-state index in [1.165, 1.54) is 19.1 Å². The summed E-state index contributed by atoms with van der Waals surface area (Å²) in [5, 5.41) is 8.91. The Morgan fingerprint density at radius 2 is 1.89 bits per heavy atom. The van der Waals surface area contributed by atoms with Crippen molar-refractivity contribution in [3.63, 3.8) is 0 Å². The zero-order valence-corrected chi connectivity index (χ0v) is 23.1. The summed E-state index contributed by atoms with van der Waals surface area (Å²) in [4.78, 5) is 46.1. The monoisotopic (exact) mass is 544 g/mol. The number of nitrogens with one attached hydrogen (secondary N) is 3. The largest absolute Gasteiger partial charge is 0.341 e. The molecule has 0 spiro atoms. The number of thiazole rings is 1. The number of benzene rings is 1. The van der Waals surface area contributed by atoms with E-state index in [9.17, 15) is 18.8 Å². The van der Waals surface area contributed by atoms with E-state index in [2.05, 4.69) is 25.8 Å². The van der Waals surface area contributed by atoms with Gasteiger partial charge < -0.3 is 20.4 Å². The van der Waals surface area contributed by atoms with E-state index in [4.69, 9.17) is 0 Å². The summed E-state index contributed by atoms with van der Waals surface area (Å²) in [5.74, 6) is 0.380. The Morgan fingerprint density at radius 1 is 1.13 bits per heavy atom. The van der Waals surface area contributed by atoms with Crippen molar-refractivity contribution >= 4 is 34.3 Å². The lowest BCUT2D eigenvalue weighted by Crippen LogP contribution is -2.58. The van der Waals surface area contributed by atoms with Crippen LogP contribution >= 0.6 is 11.3 Å². The number of amides is 4. The summed E-state index contributed by atoms with van der Waals surface area (Å²) in [6.45, 7) is 7.06. The predicted molar refractivity (Wildman–Crippen MR) is 146 cm³/mol. The number of urea groups is 2. The Hall–Kier alpha value is -3.05. The second kappa shape index (κ2) is 12.7. The van der Waals surface area contributed by atoms with Crippen LogP contribution in [0.4, 0.5) is 19.1 Å². The van der Waals surface area contributed by atoms with Crippen LogP contribution in [0, 0.1) is 24.6 Å². The predicted octanol–water partition coefficient (Wildman–Crippen LogP) is 3.90. The van der Waals surface area contributed by atoms with Crippen LogP contribution in [0.2, 0.25) is 0 Å². The normalized spacial score (nSPS) is 22.1. The van der Waals surface area contributed by atoms with Crippen molar-refractivity contribution in [2.24, 2.45) is 11.8 Å². The first kappa shape index (κ1) is 28.0. The number of aromatic nitrogens is 1. The highest BCUT2D eigenvalue weighted by molar-refractivity contribution is 7.17. The quantitative estimate of drug-likeness (QED) is 0.459. The number of hydrogen-bond acceptors (Lipinski definition) is 6. The summed E-state index contributed by atoms with van der Waals surface area (Å²) in [6, 6.07) is 5.99. The number of carbonyl (C=O) groups is 3. The highest BCUT2D eigenvalue weighted by Crippen LogP contribution is 2.26. The maximum atomic E-state index is 13.3. The van der Waals surface area contributed by atoms with E-state index in [0.29, 0.717) is 34.7 Å². The van der Waals surface area contributed by atoms with Crippen molar-refractivity contribution in [2.75, 3.05) is 45.1 Å². The fourth-order valence-corrected chi connectivity index (χ4v) is 6.43. The molecule has 38 heavy (non-hydrogen) atoms. The summed E-state index contributed by atoms with van der Waals surface area (Å²) in [6.07, 6.45) is 3.94. The second-order valence-electron chi connectivity index (χ2n) is 10.3. The van der Waals surface area contributed by atoms with Crippen LogP contribution in [0.15, 0.2) is 24.3 Å². The van der Waals surface area contributed by atoms with E-state index < -0.39 is 6.03 Å². The highest BCUT2D eigenvalue weighted by atomic mass is 32.1. The van der Waals surface area contributed by atoms with Crippen LogP contribution < -0.4 is 16.0 Å². The van der Waals surface area contributed by atoms with Gasteiger partial charge in [0.05, 0.1) is 16.6 Å². The van der Waals surface area contributed by atoms with Gasteiger partial charge in [-0.1, -0.05) is 23.5 Å². The number of anilines is 1. The fourth-order valence-electron chi connectivity index (χ4n) is 5.57. The molecule has 3 atom stereocenters. The minimum absolute atomic E-state index is 0.0821. The molecule has 11 heteroatoms. The third kappa shape index (κ3) is 7.28. The number of Topliss-reactive ketones (excluding diaryl/α,β-unsaturated/α-hetero) is 1. The molecule has 3 N–H and O–H groups in total. The van der Waals surface area contributed by atoms with Gasteiger partial charge in [0.15, 0.2) is 10.9 Å². The Morgan fingerprint density at radius 3 is 2.58 bits per heavy atom. The molecule has 0 bridgehead atoms. The van der Waals surface area contributed by atoms with Gasteiger partial charge in [-0.25, -0.2) is 19.0 Å². The number of aryl methyl sites for hydroxylation is 1. The summed E-state index contributed by atoms with van der Waals surface area (Å²) in [5.41, 5.74) is 1.75. The molecule has 9 nitrogen and oxygen atoms in total. The number of halogens is 1. The molecular formula is C27H37FN6O3S. The molecule has 4 amide bonds. The van der Waals surface area contributed by atoms with Gasteiger partial charge in [0.25, 0.3) is 0 Å². The van der Waals surface area contributed by atoms with E-state index >= 15 is 0 Å². The molecule has 3 heterocycles. The number of rotatable bonds is 7. The first-order chi connectivity index (χ1) is 18.2. The molecule has 206 valence electrons. The van der Waals surface area contributed by atoms with Crippen molar-refractivity contribution in [1.82, 2.24) is 25.4 Å². The Kier molecular flexibility index (Phi) is 9.32. The Bertz CT molecular complexity index is 1140. The first-order valence-corrected chi connectivity index (χ1v) is 14.0. The van der Waals surface area contributed by atoms with Gasteiger partial charge in [-0.2, -0.15) is 0 Å². The number of ketones is 1. The lowest BCUT2D eigenvalue weighted by atomic mass is 9.87. The van der Waals surface area contributed by atoms with Crippen LogP contribution in [0.3, 0.4) is 0 Å². The molecule has 2 aliphatic rings. The molecular weight excluding hydrogens is 507 g/mol. The number of carbonyl (C=O) groups excluding carboxylic acids is 3. The van der Waals surface area contributed by atoms with Crippen LogP contribution in [-0.2, 0) is 6.42 Å². The van der Waals surface area contributed by atoms with Gasteiger partial charge in [0.2, 0.25) is 0 Å². The van der Waals surface area contributed by atoms with Gasteiger partial charge >= 0.3 is 12.1 Å². The molecule has 1 aromatic carbocycles. The van der Waals surface area contributed by atoms with Crippen LogP contribution in [0.25, 0.3) is 0 Å². The topological polar surface area (TPSA) is 107 Å². The van der Waals surface area contributed by atoms with Gasteiger partial charge in [-0.3, -0.25) is 10.1 Å². The molecule has 4 rings (SSSR count). The third-order valence-electron chi connectivity index (χ3n) is 7.44. The van der Waals surface area contributed by atoms with Crippen molar-refractivity contribution in [3.05, 3.63) is 46.2 Å². The molecule has 2 aliphatic heterocycles. The number of hydrogen-bond donors (Lipinski definition) is 3. The van der Waals surface area contributed by atoms with E-state index in [-0.39, 0.29) is 29.6 Å². The molecule has 2 fully saturated rings. The average Bonchev–Trinajstić information content (AvgIpc) is 3.26. The zero-order valence-electron chi connectivity index (χ0n) is 22.3. The second-order valence-corrected chi connectivity index (χ2v) is 11.3. The van der Waals surface area contributed by atoms with E-state index in [0.717, 1.165) is 62.2 Å². The third-order valence-corrected chi connectivity index (χ3v) is 8.62. The lowest BCUT2D eigenvalue weighted by Gasteiger charge is -2.42.